The van der Waals surface area contributed by atoms with E-state index in [2.05, 4.69) is 11.3 Å². The average molecular weight is 252 g/mol. The van der Waals surface area contributed by atoms with Gasteiger partial charge in [0.05, 0.1) is 34.2 Å². The molecular formula is C10H8N2O6. The zero-order valence-electron chi connectivity index (χ0n) is 9.28. The van der Waals surface area contributed by atoms with Crippen LogP contribution in [-0.4, -0.2) is 22.9 Å². The summed E-state index contributed by atoms with van der Waals surface area (Å²) in [7, 11) is 1.10. The summed E-state index contributed by atoms with van der Waals surface area (Å²) in [5.41, 5.74) is -1.36. The lowest BCUT2D eigenvalue weighted by molar-refractivity contribution is -0.394. The van der Waals surface area contributed by atoms with Gasteiger partial charge in [0.25, 0.3) is 11.4 Å². The minimum atomic E-state index is -0.841. The Morgan fingerprint density at radius 1 is 1.28 bits per heavy atom. The monoisotopic (exact) mass is 252 g/mol. The third-order valence-electron chi connectivity index (χ3n) is 2.15. The fraction of sp³-hybridized carbons (Fsp3) is 0.100. The summed E-state index contributed by atoms with van der Waals surface area (Å²) >= 11 is 0. The smallest absolute Gasteiger partial charge is 0.338 e. The van der Waals surface area contributed by atoms with E-state index < -0.39 is 27.2 Å². The van der Waals surface area contributed by atoms with Crippen molar-refractivity contribution in [3.63, 3.8) is 0 Å². The van der Waals surface area contributed by atoms with Crippen LogP contribution in [0.25, 0.3) is 5.57 Å². The fourth-order valence-electron chi connectivity index (χ4n) is 1.27. The first-order valence-corrected chi connectivity index (χ1v) is 4.59. The molecule has 0 atom stereocenters. The summed E-state index contributed by atoms with van der Waals surface area (Å²) in [6, 6.07) is 2.91. The highest BCUT2D eigenvalue weighted by Crippen LogP contribution is 2.29. The highest BCUT2D eigenvalue weighted by molar-refractivity contribution is 6.16. The molecule has 8 nitrogen and oxygen atoms in total. The van der Waals surface area contributed by atoms with Gasteiger partial charge in [-0.25, -0.2) is 4.79 Å². The Balaban J connectivity index is 3.37. The van der Waals surface area contributed by atoms with Crippen molar-refractivity contribution in [3.8, 4) is 0 Å². The van der Waals surface area contributed by atoms with E-state index in [9.17, 15) is 25.0 Å². The van der Waals surface area contributed by atoms with Gasteiger partial charge in [0.2, 0.25) is 0 Å². The summed E-state index contributed by atoms with van der Waals surface area (Å²) in [5, 5.41) is 21.3. The Morgan fingerprint density at radius 3 is 2.33 bits per heavy atom. The van der Waals surface area contributed by atoms with Gasteiger partial charge in [-0.2, -0.15) is 0 Å². The first-order chi connectivity index (χ1) is 8.38. The maximum atomic E-state index is 11.2. The predicted molar refractivity (Wildman–Crippen MR) is 60.8 cm³/mol. The van der Waals surface area contributed by atoms with E-state index in [4.69, 9.17) is 0 Å². The molecule has 94 valence electrons. The zero-order valence-corrected chi connectivity index (χ0v) is 9.28. The van der Waals surface area contributed by atoms with Gasteiger partial charge in [-0.1, -0.05) is 6.58 Å². The van der Waals surface area contributed by atoms with Crippen molar-refractivity contribution in [2.45, 2.75) is 0 Å². The molecular weight excluding hydrogens is 244 g/mol. The van der Waals surface area contributed by atoms with Crippen LogP contribution in [0, 0.1) is 20.2 Å². The van der Waals surface area contributed by atoms with Crippen LogP contribution in [0.2, 0.25) is 0 Å². The number of nitro benzene ring substituents is 2. The van der Waals surface area contributed by atoms with Crippen molar-refractivity contribution < 1.29 is 19.4 Å². The molecule has 0 N–H and O–H groups in total. The normalized spacial score (nSPS) is 9.61. The number of carbonyl (C=O) groups is 1. The van der Waals surface area contributed by atoms with Crippen molar-refractivity contribution in [1.82, 2.24) is 0 Å². The molecule has 0 bridgehead atoms. The second-order valence-electron chi connectivity index (χ2n) is 3.19. The van der Waals surface area contributed by atoms with E-state index in [1.165, 1.54) is 0 Å². The third kappa shape index (κ3) is 2.48. The molecule has 0 unspecified atom stereocenters. The number of hydrogen-bond acceptors (Lipinski definition) is 6. The predicted octanol–water partition coefficient (Wildman–Crippen LogP) is 1.69. The zero-order chi connectivity index (χ0) is 13.9. The van der Waals surface area contributed by atoms with E-state index in [-0.39, 0.29) is 11.1 Å². The second-order valence-corrected chi connectivity index (χ2v) is 3.19. The lowest BCUT2D eigenvalue weighted by atomic mass is 10.0. The largest absolute Gasteiger partial charge is 0.465 e. The molecule has 0 aromatic heterocycles. The molecule has 0 amide bonds. The van der Waals surface area contributed by atoms with Gasteiger partial charge in [-0.05, 0) is 6.07 Å². The molecule has 1 aromatic carbocycles. The molecule has 18 heavy (non-hydrogen) atoms. The second kappa shape index (κ2) is 5.04. The van der Waals surface area contributed by atoms with Crippen LogP contribution in [0.1, 0.15) is 5.56 Å². The number of carbonyl (C=O) groups excluding carboxylic acids is 1. The Morgan fingerprint density at radius 2 is 1.89 bits per heavy atom. The summed E-state index contributed by atoms with van der Waals surface area (Å²) in [6.07, 6.45) is 0. The number of benzene rings is 1. The summed E-state index contributed by atoms with van der Waals surface area (Å²) in [6.45, 7) is 3.36. The molecule has 0 radical (unpaired) electrons. The van der Waals surface area contributed by atoms with Gasteiger partial charge in [0.1, 0.15) is 0 Å². The first kappa shape index (κ1) is 13.3. The Hall–Kier alpha value is -2.77. The highest BCUT2D eigenvalue weighted by atomic mass is 16.6. The van der Waals surface area contributed by atoms with Crippen LogP contribution in [0.5, 0.6) is 0 Å². The van der Waals surface area contributed by atoms with Crippen molar-refractivity contribution in [2.24, 2.45) is 0 Å². The van der Waals surface area contributed by atoms with Gasteiger partial charge >= 0.3 is 5.97 Å². The molecule has 8 heteroatoms. The minimum absolute atomic E-state index is 0.113. The molecule has 0 aliphatic heterocycles. The number of ether oxygens (including phenoxy) is 1. The van der Waals surface area contributed by atoms with Crippen LogP contribution < -0.4 is 0 Å². The maximum absolute atomic E-state index is 11.2. The van der Waals surface area contributed by atoms with Crippen LogP contribution in [0.15, 0.2) is 24.8 Å². The topological polar surface area (TPSA) is 113 Å². The van der Waals surface area contributed by atoms with E-state index in [1.807, 2.05) is 0 Å². The van der Waals surface area contributed by atoms with Gasteiger partial charge < -0.3 is 4.74 Å². The van der Waals surface area contributed by atoms with Crippen LogP contribution in [-0.2, 0) is 9.53 Å². The third-order valence-corrected chi connectivity index (χ3v) is 2.15. The van der Waals surface area contributed by atoms with E-state index >= 15 is 0 Å². The van der Waals surface area contributed by atoms with Gasteiger partial charge in [0.15, 0.2) is 0 Å². The molecule has 0 aliphatic carbocycles. The molecule has 0 saturated carbocycles. The molecule has 1 rings (SSSR count). The number of nitro groups is 2. The highest BCUT2D eigenvalue weighted by Gasteiger charge is 2.24. The average Bonchev–Trinajstić information content (AvgIpc) is 2.35. The van der Waals surface area contributed by atoms with Crippen molar-refractivity contribution in [2.75, 3.05) is 7.11 Å². The lowest BCUT2D eigenvalue weighted by Gasteiger charge is -2.04. The van der Waals surface area contributed by atoms with E-state index in [0.717, 1.165) is 25.3 Å². The number of esters is 1. The number of rotatable bonds is 4. The van der Waals surface area contributed by atoms with E-state index in [0.29, 0.717) is 0 Å². The fourth-order valence-corrected chi connectivity index (χ4v) is 1.27. The lowest BCUT2D eigenvalue weighted by Crippen LogP contribution is -2.05. The number of methoxy groups -OCH3 is 1. The first-order valence-electron chi connectivity index (χ1n) is 4.59. The standard InChI is InChI=1S/C10H8N2O6/c1-6(10(13)18-2)8-4-3-7(11(14)15)5-9(8)12(16)17/h3-5H,1H2,2H3. The molecule has 1 aromatic rings. The molecule has 0 spiro atoms. The summed E-state index contributed by atoms with van der Waals surface area (Å²) in [4.78, 5) is 31.0. The summed E-state index contributed by atoms with van der Waals surface area (Å²) < 4.78 is 4.38. The van der Waals surface area contributed by atoms with Gasteiger partial charge in [0, 0.05) is 6.07 Å². The van der Waals surface area contributed by atoms with Crippen molar-refractivity contribution in [3.05, 3.63) is 50.6 Å². The van der Waals surface area contributed by atoms with Crippen molar-refractivity contribution in [1.29, 1.82) is 0 Å². The Labute approximate surface area is 101 Å². The van der Waals surface area contributed by atoms with Crippen molar-refractivity contribution >= 4 is 22.9 Å². The van der Waals surface area contributed by atoms with Gasteiger partial charge in [-0.15, -0.1) is 0 Å². The maximum Gasteiger partial charge on any atom is 0.338 e. The Kier molecular flexibility index (Phi) is 3.72. The summed E-state index contributed by atoms with van der Waals surface area (Å²) in [5.74, 6) is -0.841. The SMILES string of the molecule is C=C(C(=O)OC)c1ccc([N+](=O)[O-])cc1[N+](=O)[O-]. The number of non-ortho nitro benzene ring substituents is 1. The quantitative estimate of drug-likeness (QED) is 0.348. The van der Waals surface area contributed by atoms with Crippen LogP contribution >= 0.6 is 0 Å². The van der Waals surface area contributed by atoms with Gasteiger partial charge in [-0.3, -0.25) is 20.2 Å². The van der Waals surface area contributed by atoms with Crippen LogP contribution in [0.4, 0.5) is 11.4 Å². The Bertz CT molecular complexity index is 551. The molecule has 0 aliphatic rings. The minimum Gasteiger partial charge on any atom is -0.465 e. The van der Waals surface area contributed by atoms with E-state index in [1.54, 1.807) is 0 Å². The molecule has 0 saturated heterocycles. The number of nitrogens with zero attached hydrogens (tertiary/aromatic N) is 2. The van der Waals surface area contributed by atoms with Crippen LogP contribution in [0.3, 0.4) is 0 Å². The molecule has 0 fully saturated rings. The molecule has 0 heterocycles. The number of hydrogen-bond donors (Lipinski definition) is 0.